The number of carboxylic acids is 1. The van der Waals surface area contributed by atoms with Gasteiger partial charge in [0.05, 0.1) is 11.0 Å². The zero-order chi connectivity index (χ0) is 14.1. The minimum atomic E-state index is -1.01. The number of aromatic nitrogens is 2. The molecule has 0 aliphatic heterocycles. The van der Waals surface area contributed by atoms with E-state index in [1.165, 1.54) is 0 Å². The Balaban J connectivity index is 2.26. The molecule has 0 spiro atoms. The second kappa shape index (κ2) is 4.86. The molecule has 20 heavy (non-hydrogen) atoms. The van der Waals surface area contributed by atoms with E-state index in [-0.39, 0.29) is 6.42 Å². The normalized spacial score (nSPS) is 12.7. The molecule has 3 aromatic rings. The molecular formula is C15H13N3O2. The fourth-order valence-electron chi connectivity index (χ4n) is 2.34. The minimum Gasteiger partial charge on any atom is -0.480 e. The van der Waals surface area contributed by atoms with Gasteiger partial charge in [-0.15, -0.1) is 0 Å². The average molecular weight is 267 g/mol. The van der Waals surface area contributed by atoms with Gasteiger partial charge in [-0.1, -0.05) is 12.1 Å². The number of hydrogen-bond acceptors (Lipinski definition) is 4. The fourth-order valence-corrected chi connectivity index (χ4v) is 2.34. The second-order valence-electron chi connectivity index (χ2n) is 4.66. The average Bonchev–Trinajstić information content (AvgIpc) is 2.47. The number of carbonyl (C=O) groups is 1. The zero-order valence-corrected chi connectivity index (χ0v) is 10.7. The second-order valence-corrected chi connectivity index (χ2v) is 4.66. The van der Waals surface area contributed by atoms with Crippen LogP contribution in [0.4, 0.5) is 0 Å². The maximum absolute atomic E-state index is 11.0. The summed E-state index contributed by atoms with van der Waals surface area (Å²) in [5.74, 6) is -1.01. The molecule has 0 amide bonds. The van der Waals surface area contributed by atoms with Gasteiger partial charge in [0.1, 0.15) is 6.04 Å². The van der Waals surface area contributed by atoms with E-state index in [0.29, 0.717) is 0 Å². The van der Waals surface area contributed by atoms with Gasteiger partial charge < -0.3 is 10.8 Å². The van der Waals surface area contributed by atoms with Crippen molar-refractivity contribution in [3.8, 4) is 0 Å². The summed E-state index contributed by atoms with van der Waals surface area (Å²) in [5, 5.41) is 10.8. The predicted molar refractivity (Wildman–Crippen MR) is 76.4 cm³/mol. The van der Waals surface area contributed by atoms with Crippen LogP contribution < -0.4 is 5.73 Å². The van der Waals surface area contributed by atoms with Crippen LogP contribution in [-0.4, -0.2) is 27.1 Å². The highest BCUT2D eigenvalue weighted by molar-refractivity contribution is 6.04. The lowest BCUT2D eigenvalue weighted by molar-refractivity contribution is -0.138. The zero-order valence-electron chi connectivity index (χ0n) is 10.7. The number of nitrogens with two attached hydrogens (primary N) is 1. The van der Waals surface area contributed by atoms with E-state index in [0.717, 1.165) is 27.4 Å². The highest BCUT2D eigenvalue weighted by atomic mass is 16.4. The maximum atomic E-state index is 11.0. The summed E-state index contributed by atoms with van der Waals surface area (Å²) in [7, 11) is 0. The van der Waals surface area contributed by atoms with Gasteiger partial charge in [-0.25, -0.2) is 0 Å². The molecule has 3 rings (SSSR count). The quantitative estimate of drug-likeness (QED) is 0.705. The number of hydrogen-bond donors (Lipinski definition) is 2. The van der Waals surface area contributed by atoms with Crippen molar-refractivity contribution >= 4 is 27.8 Å². The summed E-state index contributed by atoms with van der Waals surface area (Å²) in [5.41, 5.74) is 8.12. The summed E-state index contributed by atoms with van der Waals surface area (Å²) in [4.78, 5) is 19.7. The number of nitrogens with zero attached hydrogens (tertiary/aromatic N) is 2. The Morgan fingerprint density at radius 3 is 2.65 bits per heavy atom. The molecule has 1 aromatic carbocycles. The van der Waals surface area contributed by atoms with E-state index < -0.39 is 12.0 Å². The Kier molecular flexibility index (Phi) is 3.04. The summed E-state index contributed by atoms with van der Waals surface area (Å²) in [6.45, 7) is 0. The molecule has 0 bridgehead atoms. The smallest absolute Gasteiger partial charge is 0.320 e. The van der Waals surface area contributed by atoms with Crippen LogP contribution in [0.15, 0.2) is 42.7 Å². The lowest BCUT2D eigenvalue weighted by atomic mass is 9.98. The lowest BCUT2D eigenvalue weighted by Gasteiger charge is -2.11. The first-order valence-electron chi connectivity index (χ1n) is 6.26. The van der Waals surface area contributed by atoms with Crippen molar-refractivity contribution in [2.45, 2.75) is 12.5 Å². The number of benzene rings is 1. The molecule has 3 N–H and O–H groups in total. The van der Waals surface area contributed by atoms with Gasteiger partial charge in [-0.05, 0) is 30.2 Å². The Hall–Kier alpha value is -2.53. The topological polar surface area (TPSA) is 89.1 Å². The molecule has 5 nitrogen and oxygen atoms in total. The third-order valence-electron chi connectivity index (χ3n) is 3.30. The van der Waals surface area contributed by atoms with Gasteiger partial charge in [0, 0.05) is 23.2 Å². The molecule has 0 aliphatic carbocycles. The van der Waals surface area contributed by atoms with Gasteiger partial charge in [-0.3, -0.25) is 14.8 Å². The number of pyridine rings is 2. The maximum Gasteiger partial charge on any atom is 0.320 e. The van der Waals surface area contributed by atoms with Crippen molar-refractivity contribution in [3.05, 3.63) is 48.3 Å². The predicted octanol–water partition coefficient (Wildman–Crippen LogP) is 1.74. The van der Waals surface area contributed by atoms with Crippen LogP contribution >= 0.6 is 0 Å². The van der Waals surface area contributed by atoms with Crippen LogP contribution in [-0.2, 0) is 11.2 Å². The molecule has 0 saturated carbocycles. The molecule has 0 aliphatic rings. The SMILES string of the molecule is N[C@@H](Cc1cc2cccnc2c2ncccc12)C(=O)O. The van der Waals surface area contributed by atoms with Crippen LogP contribution in [0.5, 0.6) is 0 Å². The fraction of sp³-hybridized carbons (Fsp3) is 0.133. The number of carboxylic acid groups (broad SMARTS) is 1. The van der Waals surface area contributed by atoms with Crippen LogP contribution in [0.2, 0.25) is 0 Å². The first kappa shape index (κ1) is 12.5. The van der Waals surface area contributed by atoms with Crippen molar-refractivity contribution in [1.29, 1.82) is 0 Å². The van der Waals surface area contributed by atoms with Gasteiger partial charge in [-0.2, -0.15) is 0 Å². The van der Waals surface area contributed by atoms with Gasteiger partial charge in [0.25, 0.3) is 0 Å². The molecule has 0 unspecified atom stereocenters. The molecule has 0 saturated heterocycles. The van der Waals surface area contributed by atoms with Gasteiger partial charge in [0.2, 0.25) is 0 Å². The Morgan fingerprint density at radius 1 is 1.20 bits per heavy atom. The van der Waals surface area contributed by atoms with Crippen LogP contribution in [0.1, 0.15) is 5.56 Å². The Labute approximate surface area is 115 Å². The highest BCUT2D eigenvalue weighted by Crippen LogP contribution is 2.26. The van der Waals surface area contributed by atoms with E-state index in [1.54, 1.807) is 12.4 Å². The van der Waals surface area contributed by atoms with Crippen LogP contribution in [0.25, 0.3) is 21.8 Å². The van der Waals surface area contributed by atoms with Crippen LogP contribution in [0, 0.1) is 0 Å². The molecule has 5 heteroatoms. The highest BCUT2D eigenvalue weighted by Gasteiger charge is 2.15. The van der Waals surface area contributed by atoms with Crippen molar-refractivity contribution in [2.24, 2.45) is 5.73 Å². The first-order valence-corrected chi connectivity index (χ1v) is 6.26. The van der Waals surface area contributed by atoms with E-state index in [9.17, 15) is 4.79 Å². The van der Waals surface area contributed by atoms with E-state index in [4.69, 9.17) is 10.8 Å². The van der Waals surface area contributed by atoms with Crippen molar-refractivity contribution in [3.63, 3.8) is 0 Å². The van der Waals surface area contributed by atoms with E-state index in [1.807, 2.05) is 30.3 Å². The van der Waals surface area contributed by atoms with Crippen molar-refractivity contribution in [1.82, 2.24) is 9.97 Å². The largest absolute Gasteiger partial charge is 0.480 e. The third kappa shape index (κ3) is 2.08. The Morgan fingerprint density at radius 2 is 1.90 bits per heavy atom. The molecule has 100 valence electrons. The summed E-state index contributed by atoms with van der Waals surface area (Å²) >= 11 is 0. The lowest BCUT2D eigenvalue weighted by Crippen LogP contribution is -2.32. The Bertz CT molecular complexity index is 801. The summed E-state index contributed by atoms with van der Waals surface area (Å²) in [6, 6.07) is 8.54. The minimum absolute atomic E-state index is 0.266. The molecule has 0 fully saturated rings. The number of fused-ring (bicyclic) bond motifs is 3. The molecule has 1 atom stereocenters. The monoisotopic (exact) mass is 267 g/mol. The van der Waals surface area contributed by atoms with E-state index in [2.05, 4.69) is 9.97 Å². The molecular weight excluding hydrogens is 254 g/mol. The van der Waals surface area contributed by atoms with Gasteiger partial charge in [0.15, 0.2) is 0 Å². The molecule has 2 aromatic heterocycles. The third-order valence-corrected chi connectivity index (χ3v) is 3.30. The molecule has 2 heterocycles. The number of rotatable bonds is 3. The van der Waals surface area contributed by atoms with Crippen molar-refractivity contribution in [2.75, 3.05) is 0 Å². The summed E-state index contributed by atoms with van der Waals surface area (Å²) in [6.07, 6.45) is 3.69. The standard InChI is InChI=1S/C15H13N3O2/c16-12(15(19)20)8-10-7-9-3-1-5-17-13(9)14-11(10)4-2-6-18-14/h1-7,12H,8,16H2,(H,19,20)/t12-/m0/s1. The summed E-state index contributed by atoms with van der Waals surface area (Å²) < 4.78 is 0. The van der Waals surface area contributed by atoms with Gasteiger partial charge >= 0.3 is 5.97 Å². The molecule has 0 radical (unpaired) electrons. The van der Waals surface area contributed by atoms with E-state index >= 15 is 0 Å². The number of aliphatic carboxylic acids is 1. The first-order chi connectivity index (χ1) is 9.66. The van der Waals surface area contributed by atoms with Crippen LogP contribution in [0.3, 0.4) is 0 Å². The van der Waals surface area contributed by atoms with Crippen molar-refractivity contribution < 1.29 is 9.90 Å².